The van der Waals surface area contributed by atoms with Gasteiger partial charge in [-0.1, -0.05) is 56.3 Å². The van der Waals surface area contributed by atoms with Gasteiger partial charge in [-0.15, -0.1) is 0 Å². The van der Waals surface area contributed by atoms with Crippen LogP contribution in [-0.4, -0.2) is 57.7 Å². The number of aliphatic hydroxyl groups is 1. The van der Waals surface area contributed by atoms with Crippen LogP contribution in [0.2, 0.25) is 0 Å². The zero-order valence-electron chi connectivity index (χ0n) is 18.2. The minimum Gasteiger partial charge on any atom is -0.507 e. The molecule has 0 radical (unpaired) electrons. The van der Waals surface area contributed by atoms with Gasteiger partial charge in [0, 0.05) is 24.2 Å². The summed E-state index contributed by atoms with van der Waals surface area (Å²) in [5.74, 6) is -1.78. The maximum Gasteiger partial charge on any atom is 0.295 e. The minimum atomic E-state index is -0.896. The molecule has 0 unspecified atom stereocenters. The van der Waals surface area contributed by atoms with Crippen LogP contribution in [0.15, 0.2) is 60.2 Å². The highest BCUT2D eigenvalue weighted by atomic mass is 16.6. The molecule has 0 bridgehead atoms. The molecule has 1 aliphatic rings. The molecule has 0 saturated carbocycles. The van der Waals surface area contributed by atoms with Crippen LogP contribution in [0, 0.1) is 10.1 Å². The Labute approximate surface area is 186 Å². The molecule has 0 aliphatic carbocycles. The summed E-state index contributed by atoms with van der Waals surface area (Å²) in [5, 5.41) is 22.3. The Balaban J connectivity index is 2.06. The van der Waals surface area contributed by atoms with Crippen LogP contribution >= 0.6 is 0 Å². The van der Waals surface area contributed by atoms with E-state index in [2.05, 4.69) is 18.7 Å². The zero-order chi connectivity index (χ0) is 23.3. The quantitative estimate of drug-likeness (QED) is 0.211. The predicted octanol–water partition coefficient (Wildman–Crippen LogP) is 3.75. The van der Waals surface area contributed by atoms with Crippen molar-refractivity contribution in [3.8, 4) is 0 Å². The summed E-state index contributed by atoms with van der Waals surface area (Å²) in [5.41, 5.74) is 0.628. The number of nitro benzene ring substituents is 1. The number of rotatable bonds is 9. The fourth-order valence-corrected chi connectivity index (χ4v) is 4.02. The first-order valence-electron chi connectivity index (χ1n) is 10.7. The van der Waals surface area contributed by atoms with E-state index in [0.717, 1.165) is 19.6 Å². The van der Waals surface area contributed by atoms with Crippen LogP contribution in [0.5, 0.6) is 0 Å². The molecule has 0 aromatic heterocycles. The van der Waals surface area contributed by atoms with E-state index < -0.39 is 22.7 Å². The normalized spacial score (nSPS) is 17.8. The smallest absolute Gasteiger partial charge is 0.295 e. The van der Waals surface area contributed by atoms with E-state index in [4.69, 9.17) is 0 Å². The second kappa shape index (κ2) is 10.2. The van der Waals surface area contributed by atoms with Crippen LogP contribution in [0.1, 0.15) is 37.4 Å². The summed E-state index contributed by atoms with van der Waals surface area (Å²) in [6.07, 6.45) is 0.630. The van der Waals surface area contributed by atoms with Gasteiger partial charge in [0.05, 0.1) is 16.5 Å². The number of carbonyl (C=O) groups excluding carboxylic acids is 2. The van der Waals surface area contributed by atoms with Gasteiger partial charge in [0.15, 0.2) is 0 Å². The number of amides is 1. The van der Waals surface area contributed by atoms with E-state index in [1.165, 1.54) is 23.1 Å². The van der Waals surface area contributed by atoms with Crippen molar-refractivity contribution in [2.75, 3.05) is 26.2 Å². The first-order chi connectivity index (χ1) is 15.4. The maximum atomic E-state index is 13.0. The van der Waals surface area contributed by atoms with Gasteiger partial charge in [0.25, 0.3) is 17.4 Å². The Kier molecular flexibility index (Phi) is 7.37. The van der Waals surface area contributed by atoms with Crippen LogP contribution in [-0.2, 0) is 9.59 Å². The van der Waals surface area contributed by atoms with Crippen molar-refractivity contribution < 1.29 is 19.6 Å². The second-order valence-corrected chi connectivity index (χ2v) is 7.59. The highest BCUT2D eigenvalue weighted by molar-refractivity contribution is 6.46. The van der Waals surface area contributed by atoms with E-state index in [9.17, 15) is 24.8 Å². The highest BCUT2D eigenvalue weighted by Gasteiger charge is 2.46. The average Bonchev–Trinajstić information content (AvgIpc) is 3.07. The first-order valence-corrected chi connectivity index (χ1v) is 10.7. The van der Waals surface area contributed by atoms with Crippen molar-refractivity contribution >= 4 is 23.1 Å². The minimum absolute atomic E-state index is 0.0514. The lowest BCUT2D eigenvalue weighted by Crippen LogP contribution is -2.33. The van der Waals surface area contributed by atoms with Gasteiger partial charge < -0.3 is 14.9 Å². The summed E-state index contributed by atoms with van der Waals surface area (Å²) in [7, 11) is 0. The third kappa shape index (κ3) is 4.70. The molecule has 1 atom stereocenters. The van der Waals surface area contributed by atoms with E-state index in [1.54, 1.807) is 36.4 Å². The molecular weight excluding hydrogens is 410 g/mol. The number of benzene rings is 2. The fourth-order valence-electron chi connectivity index (χ4n) is 4.02. The molecule has 1 heterocycles. The van der Waals surface area contributed by atoms with Gasteiger partial charge in [-0.2, -0.15) is 0 Å². The van der Waals surface area contributed by atoms with Crippen molar-refractivity contribution in [3.05, 3.63) is 81.4 Å². The summed E-state index contributed by atoms with van der Waals surface area (Å²) in [6.45, 7) is 6.89. The third-order valence-electron chi connectivity index (χ3n) is 5.75. The lowest BCUT2D eigenvalue weighted by atomic mass is 9.95. The number of nitrogens with zero attached hydrogens (tertiary/aromatic N) is 3. The number of Topliss-reactive ketones (excluding diaryl/α,β-unsaturated/α-hetero) is 1. The summed E-state index contributed by atoms with van der Waals surface area (Å²) >= 11 is 0. The van der Waals surface area contributed by atoms with Crippen molar-refractivity contribution in [1.29, 1.82) is 0 Å². The van der Waals surface area contributed by atoms with Crippen molar-refractivity contribution in [2.24, 2.45) is 0 Å². The first kappa shape index (κ1) is 23.1. The number of hydrogen-bond donors (Lipinski definition) is 1. The Morgan fingerprint density at radius 2 is 1.78 bits per heavy atom. The molecule has 2 aromatic rings. The molecule has 0 spiro atoms. The molecule has 2 aromatic carbocycles. The number of likely N-dealkylation sites (tertiary alicyclic amines) is 1. The van der Waals surface area contributed by atoms with E-state index in [0.29, 0.717) is 24.1 Å². The van der Waals surface area contributed by atoms with Gasteiger partial charge >= 0.3 is 0 Å². The van der Waals surface area contributed by atoms with Crippen LogP contribution in [0.25, 0.3) is 5.76 Å². The van der Waals surface area contributed by atoms with Crippen molar-refractivity contribution in [1.82, 2.24) is 9.80 Å². The topological polar surface area (TPSA) is 104 Å². The molecule has 1 aliphatic heterocycles. The molecule has 168 valence electrons. The Morgan fingerprint density at radius 1 is 1.09 bits per heavy atom. The number of aliphatic hydroxyl groups excluding tert-OH is 1. The molecule has 1 saturated heterocycles. The monoisotopic (exact) mass is 437 g/mol. The molecule has 3 rings (SSSR count). The average molecular weight is 437 g/mol. The van der Waals surface area contributed by atoms with Crippen LogP contribution in [0.4, 0.5) is 5.69 Å². The van der Waals surface area contributed by atoms with E-state index in [-0.39, 0.29) is 17.0 Å². The highest BCUT2D eigenvalue weighted by Crippen LogP contribution is 2.40. The largest absolute Gasteiger partial charge is 0.507 e. The lowest BCUT2D eigenvalue weighted by molar-refractivity contribution is -0.384. The second-order valence-electron chi connectivity index (χ2n) is 7.59. The molecule has 1 N–H and O–H groups in total. The SMILES string of the molecule is CCN(CC)CCCN1C(=O)C(=O)C(=C(O)c2ccccc2)[C@@H]1c1cccc([N+](=O)[O-])c1. The Morgan fingerprint density at radius 3 is 2.41 bits per heavy atom. The Hall–Kier alpha value is -3.52. The van der Waals surface area contributed by atoms with E-state index >= 15 is 0 Å². The summed E-state index contributed by atoms with van der Waals surface area (Å²) in [6, 6.07) is 13.5. The Bertz CT molecular complexity index is 1030. The predicted molar refractivity (Wildman–Crippen MR) is 121 cm³/mol. The number of non-ortho nitro benzene ring substituents is 1. The summed E-state index contributed by atoms with van der Waals surface area (Å²) < 4.78 is 0. The third-order valence-corrected chi connectivity index (χ3v) is 5.75. The number of hydrogen-bond acceptors (Lipinski definition) is 6. The van der Waals surface area contributed by atoms with Crippen LogP contribution in [0.3, 0.4) is 0 Å². The van der Waals surface area contributed by atoms with Crippen molar-refractivity contribution in [2.45, 2.75) is 26.3 Å². The standard InChI is InChI=1S/C24H27N3O5/c1-3-25(4-2)14-9-15-26-21(18-12-8-13-19(16-18)27(31)32)20(23(29)24(26)30)22(28)17-10-6-5-7-11-17/h5-8,10-13,16,21,28H,3-4,9,14-15H2,1-2H3/t21-/m0/s1. The van der Waals surface area contributed by atoms with Gasteiger partial charge in [-0.3, -0.25) is 19.7 Å². The van der Waals surface area contributed by atoms with Gasteiger partial charge in [0.1, 0.15) is 5.76 Å². The molecule has 8 nitrogen and oxygen atoms in total. The number of nitro groups is 1. The molecule has 8 heteroatoms. The van der Waals surface area contributed by atoms with Gasteiger partial charge in [0.2, 0.25) is 0 Å². The lowest BCUT2D eigenvalue weighted by Gasteiger charge is -2.26. The van der Waals surface area contributed by atoms with Crippen molar-refractivity contribution in [3.63, 3.8) is 0 Å². The molecule has 1 fully saturated rings. The molecular formula is C24H27N3O5. The van der Waals surface area contributed by atoms with Gasteiger partial charge in [-0.05, 0) is 31.6 Å². The molecule has 32 heavy (non-hydrogen) atoms. The van der Waals surface area contributed by atoms with E-state index in [1.807, 2.05) is 0 Å². The number of ketones is 1. The van der Waals surface area contributed by atoms with Gasteiger partial charge in [-0.25, -0.2) is 0 Å². The summed E-state index contributed by atoms with van der Waals surface area (Å²) in [4.78, 5) is 40.4. The fraction of sp³-hybridized carbons (Fsp3) is 0.333. The maximum absolute atomic E-state index is 13.0. The molecule has 1 amide bonds. The van der Waals surface area contributed by atoms with Crippen LogP contribution < -0.4 is 0 Å². The number of carbonyl (C=O) groups is 2. The zero-order valence-corrected chi connectivity index (χ0v) is 18.2.